The third-order valence-corrected chi connectivity index (χ3v) is 3.90. The van der Waals surface area contributed by atoms with Gasteiger partial charge in [0.2, 0.25) is 0 Å². The van der Waals surface area contributed by atoms with Gasteiger partial charge in [0.25, 0.3) is 0 Å². The number of carbonyl (C=O) groups is 1. The van der Waals surface area contributed by atoms with E-state index in [1.165, 1.54) is 6.42 Å². The number of piperidine rings is 2. The lowest BCUT2D eigenvalue weighted by atomic mass is 9.99. The molecule has 0 aromatic heterocycles. The molecule has 2 aliphatic rings. The van der Waals surface area contributed by atoms with Gasteiger partial charge in [0.15, 0.2) is 0 Å². The summed E-state index contributed by atoms with van der Waals surface area (Å²) in [6, 6.07) is 1.03. The molecule has 0 radical (unpaired) electrons. The Morgan fingerprint density at radius 1 is 1.35 bits per heavy atom. The highest BCUT2D eigenvalue weighted by atomic mass is 16.2. The van der Waals surface area contributed by atoms with Crippen molar-refractivity contribution in [1.29, 1.82) is 0 Å². The summed E-state index contributed by atoms with van der Waals surface area (Å²) in [6.07, 6.45) is 4.51. The van der Waals surface area contributed by atoms with Gasteiger partial charge in [-0.3, -0.25) is 0 Å². The number of nitrogens with one attached hydrogen (secondary N) is 2. The van der Waals surface area contributed by atoms with Crippen LogP contribution in [0.3, 0.4) is 0 Å². The maximum Gasteiger partial charge on any atom is 0.317 e. The van der Waals surface area contributed by atoms with Crippen molar-refractivity contribution in [3.05, 3.63) is 0 Å². The summed E-state index contributed by atoms with van der Waals surface area (Å²) in [5.41, 5.74) is 0. The molecule has 0 bridgehead atoms. The minimum absolute atomic E-state index is 0.149. The summed E-state index contributed by atoms with van der Waals surface area (Å²) in [6.45, 7) is 7.28. The molecule has 0 aliphatic carbocycles. The Kier molecular flexibility index (Phi) is 4.26. The number of urea groups is 1. The van der Waals surface area contributed by atoms with Gasteiger partial charge in [-0.05, 0) is 45.1 Å². The molecule has 2 heterocycles. The van der Waals surface area contributed by atoms with E-state index in [1.807, 2.05) is 4.90 Å². The number of likely N-dealkylation sites (tertiary alicyclic amines) is 1. The summed E-state index contributed by atoms with van der Waals surface area (Å²) >= 11 is 0. The molecular formula is C13H25N3O. The fourth-order valence-corrected chi connectivity index (χ4v) is 2.90. The molecule has 4 nitrogen and oxygen atoms in total. The molecule has 2 fully saturated rings. The lowest BCUT2D eigenvalue weighted by molar-refractivity contribution is 0.163. The normalized spacial score (nSPS) is 34.5. The standard InChI is InChI=1S/C13H25N3O/c1-10-4-3-7-16(9-10)13(17)15-12-5-6-14-11(2)8-12/h10-12,14H,3-9H2,1-2H3,(H,15,17). The molecule has 4 heteroatoms. The van der Waals surface area contributed by atoms with Crippen molar-refractivity contribution in [2.24, 2.45) is 5.92 Å². The molecule has 98 valence electrons. The maximum atomic E-state index is 12.1. The second-order valence-corrected chi connectivity index (χ2v) is 5.72. The van der Waals surface area contributed by atoms with Crippen LogP contribution in [0.25, 0.3) is 0 Å². The third kappa shape index (κ3) is 3.60. The number of carbonyl (C=O) groups excluding carboxylic acids is 1. The molecule has 3 atom stereocenters. The van der Waals surface area contributed by atoms with Crippen molar-refractivity contribution in [1.82, 2.24) is 15.5 Å². The monoisotopic (exact) mass is 239 g/mol. The number of hydrogen-bond acceptors (Lipinski definition) is 2. The fraction of sp³-hybridized carbons (Fsp3) is 0.923. The number of rotatable bonds is 1. The van der Waals surface area contributed by atoms with Gasteiger partial charge in [-0.2, -0.15) is 0 Å². The van der Waals surface area contributed by atoms with Crippen LogP contribution < -0.4 is 10.6 Å². The van der Waals surface area contributed by atoms with E-state index in [4.69, 9.17) is 0 Å². The Balaban J connectivity index is 1.79. The molecule has 0 saturated carbocycles. The lowest BCUT2D eigenvalue weighted by Gasteiger charge is -2.34. The summed E-state index contributed by atoms with van der Waals surface area (Å²) in [5.74, 6) is 0.654. The second-order valence-electron chi connectivity index (χ2n) is 5.72. The van der Waals surface area contributed by atoms with Crippen LogP contribution in [0.15, 0.2) is 0 Å². The average Bonchev–Trinajstić information content (AvgIpc) is 2.29. The van der Waals surface area contributed by atoms with Crippen LogP contribution >= 0.6 is 0 Å². The first-order valence-corrected chi connectivity index (χ1v) is 6.94. The number of nitrogens with zero attached hydrogens (tertiary/aromatic N) is 1. The average molecular weight is 239 g/mol. The second kappa shape index (κ2) is 5.71. The van der Waals surface area contributed by atoms with Crippen molar-refractivity contribution in [3.8, 4) is 0 Å². The zero-order valence-electron chi connectivity index (χ0n) is 11.0. The van der Waals surface area contributed by atoms with E-state index in [1.54, 1.807) is 0 Å². The molecule has 0 aromatic rings. The van der Waals surface area contributed by atoms with Gasteiger partial charge >= 0.3 is 6.03 Å². The Bertz CT molecular complexity index is 269. The van der Waals surface area contributed by atoms with Gasteiger partial charge in [0.05, 0.1) is 0 Å². The molecule has 3 unspecified atom stereocenters. The number of hydrogen-bond donors (Lipinski definition) is 2. The van der Waals surface area contributed by atoms with Crippen LogP contribution in [-0.2, 0) is 0 Å². The Morgan fingerprint density at radius 3 is 2.88 bits per heavy atom. The third-order valence-electron chi connectivity index (χ3n) is 3.90. The molecule has 2 amide bonds. The Labute approximate surface area is 104 Å². The highest BCUT2D eigenvalue weighted by Gasteiger charge is 2.25. The van der Waals surface area contributed by atoms with Crippen molar-refractivity contribution in [2.75, 3.05) is 19.6 Å². The van der Waals surface area contributed by atoms with Gasteiger partial charge in [-0.25, -0.2) is 4.79 Å². The molecule has 2 saturated heterocycles. The van der Waals surface area contributed by atoms with Crippen LogP contribution in [-0.4, -0.2) is 42.6 Å². The Hall–Kier alpha value is -0.770. The number of amides is 2. The van der Waals surface area contributed by atoms with E-state index in [0.29, 0.717) is 18.0 Å². The van der Waals surface area contributed by atoms with Crippen molar-refractivity contribution in [3.63, 3.8) is 0 Å². The van der Waals surface area contributed by atoms with E-state index in [9.17, 15) is 4.79 Å². The van der Waals surface area contributed by atoms with Crippen molar-refractivity contribution in [2.45, 2.75) is 51.6 Å². The van der Waals surface area contributed by atoms with Crippen LogP contribution in [0.5, 0.6) is 0 Å². The zero-order valence-corrected chi connectivity index (χ0v) is 11.0. The van der Waals surface area contributed by atoms with Crippen molar-refractivity contribution < 1.29 is 4.79 Å². The van der Waals surface area contributed by atoms with Gasteiger partial charge in [0, 0.05) is 25.2 Å². The molecule has 0 spiro atoms. The maximum absolute atomic E-state index is 12.1. The minimum Gasteiger partial charge on any atom is -0.335 e. The highest BCUT2D eigenvalue weighted by molar-refractivity contribution is 5.74. The van der Waals surface area contributed by atoms with Crippen LogP contribution in [0.4, 0.5) is 4.79 Å². The predicted molar refractivity (Wildman–Crippen MR) is 69.0 cm³/mol. The van der Waals surface area contributed by atoms with Gasteiger partial charge in [-0.1, -0.05) is 6.92 Å². The van der Waals surface area contributed by atoms with E-state index >= 15 is 0 Å². The van der Waals surface area contributed by atoms with Gasteiger partial charge in [0.1, 0.15) is 0 Å². The molecule has 2 aliphatic heterocycles. The zero-order chi connectivity index (χ0) is 12.3. The first-order chi connectivity index (χ1) is 8.15. The highest BCUT2D eigenvalue weighted by Crippen LogP contribution is 2.16. The summed E-state index contributed by atoms with van der Waals surface area (Å²) < 4.78 is 0. The molecular weight excluding hydrogens is 214 g/mol. The largest absolute Gasteiger partial charge is 0.335 e. The fourth-order valence-electron chi connectivity index (χ4n) is 2.90. The topological polar surface area (TPSA) is 44.4 Å². The summed E-state index contributed by atoms with van der Waals surface area (Å²) in [5, 5.41) is 6.59. The van der Waals surface area contributed by atoms with E-state index in [2.05, 4.69) is 24.5 Å². The van der Waals surface area contributed by atoms with Crippen LogP contribution in [0.1, 0.15) is 39.5 Å². The smallest absolute Gasteiger partial charge is 0.317 e. The van der Waals surface area contributed by atoms with Gasteiger partial charge in [-0.15, -0.1) is 0 Å². The van der Waals surface area contributed by atoms with Crippen molar-refractivity contribution >= 4 is 6.03 Å². The van der Waals surface area contributed by atoms with E-state index in [0.717, 1.165) is 38.9 Å². The lowest BCUT2D eigenvalue weighted by Crippen LogP contribution is -2.52. The Morgan fingerprint density at radius 2 is 2.18 bits per heavy atom. The predicted octanol–water partition coefficient (Wildman–Crippen LogP) is 1.57. The van der Waals surface area contributed by atoms with Gasteiger partial charge < -0.3 is 15.5 Å². The summed E-state index contributed by atoms with van der Waals surface area (Å²) in [4.78, 5) is 14.1. The summed E-state index contributed by atoms with van der Waals surface area (Å²) in [7, 11) is 0. The van der Waals surface area contributed by atoms with E-state index in [-0.39, 0.29) is 6.03 Å². The molecule has 2 N–H and O–H groups in total. The van der Waals surface area contributed by atoms with E-state index < -0.39 is 0 Å². The molecule has 0 aromatic carbocycles. The van der Waals surface area contributed by atoms with Crippen LogP contribution in [0.2, 0.25) is 0 Å². The minimum atomic E-state index is 0.149. The van der Waals surface area contributed by atoms with Crippen LogP contribution in [0, 0.1) is 5.92 Å². The molecule has 17 heavy (non-hydrogen) atoms. The quantitative estimate of drug-likeness (QED) is 0.729. The first-order valence-electron chi connectivity index (χ1n) is 6.94. The molecule has 2 rings (SSSR count). The first kappa shape index (κ1) is 12.7. The SMILES string of the molecule is CC1CCCN(C(=O)NC2CCNC(C)C2)C1.